The van der Waals surface area contributed by atoms with Crippen molar-refractivity contribution in [2.75, 3.05) is 34.3 Å². The molecule has 0 radical (unpaired) electrons. The molecular weight excluding hydrogens is 310 g/mol. The number of unbranched alkanes of at least 4 members (excludes halogenated alkanes) is 4. The van der Waals surface area contributed by atoms with Gasteiger partial charge in [0.15, 0.2) is 11.4 Å². The number of aliphatic carboxylic acids is 1. The fourth-order valence-electron chi connectivity index (χ4n) is 2.46. The molecule has 1 unspecified atom stereocenters. The lowest BCUT2D eigenvalue weighted by molar-refractivity contribution is -0.875. The van der Waals surface area contributed by atoms with E-state index in [0.717, 1.165) is 32.1 Å². The Morgan fingerprint density at radius 1 is 1.04 bits per heavy atom. The van der Waals surface area contributed by atoms with Crippen molar-refractivity contribution in [3.8, 4) is 0 Å². The molecule has 0 bridgehead atoms. The fraction of sp³-hybridized carbons (Fsp3) is 0.667. The van der Waals surface area contributed by atoms with Crippen LogP contribution in [0.2, 0.25) is 0 Å². The van der Waals surface area contributed by atoms with Crippen molar-refractivity contribution in [2.45, 2.75) is 44.1 Å². The van der Waals surface area contributed by atoms with E-state index >= 15 is 0 Å². The van der Waals surface area contributed by atoms with Crippen molar-refractivity contribution in [2.24, 2.45) is 0 Å². The molecule has 0 saturated carbocycles. The molecule has 24 heavy (non-hydrogen) atoms. The molecular formula is C18H32NO5+. The maximum absolute atomic E-state index is 12.2. The number of carboxylic acid groups (broad SMARTS) is 1. The van der Waals surface area contributed by atoms with Gasteiger partial charge in [0.2, 0.25) is 0 Å². The number of nitrogens with zero attached hydrogens (tertiary/aromatic N) is 1. The van der Waals surface area contributed by atoms with Gasteiger partial charge in [-0.2, -0.15) is 0 Å². The molecule has 0 saturated heterocycles. The highest BCUT2D eigenvalue weighted by Crippen LogP contribution is 2.17. The van der Waals surface area contributed by atoms with Crippen LogP contribution in [0.25, 0.3) is 0 Å². The molecule has 0 spiro atoms. The van der Waals surface area contributed by atoms with E-state index in [1.165, 1.54) is 6.08 Å². The summed E-state index contributed by atoms with van der Waals surface area (Å²) in [4.78, 5) is 23.2. The predicted octanol–water partition coefficient (Wildman–Crippen LogP) is 1.52. The Morgan fingerprint density at radius 2 is 1.67 bits per heavy atom. The Kier molecular flexibility index (Phi) is 10.4. The highest BCUT2D eigenvalue weighted by Gasteiger charge is 2.41. The third-order valence-electron chi connectivity index (χ3n) is 3.41. The molecule has 0 amide bonds. The number of aliphatic hydroxyl groups excluding tert-OH is 1. The van der Waals surface area contributed by atoms with E-state index in [9.17, 15) is 14.7 Å². The molecule has 0 aromatic heterocycles. The Bertz CT molecular complexity index is 451. The number of hydrogen-bond acceptors (Lipinski definition) is 4. The van der Waals surface area contributed by atoms with E-state index < -0.39 is 23.8 Å². The quantitative estimate of drug-likeness (QED) is 0.204. The smallest absolute Gasteiger partial charge is 0.307 e. The standard InChI is InChI=1S/C18H31NO5/c1-19(2,3)15-18(24,14-17(22)23)16(21)12-10-8-6-4-5-7-9-11-13-20/h6,8,10,12,20,24H,4-5,7,9,11,13-15H2,1-3H3/p+1. The molecule has 1 atom stereocenters. The van der Waals surface area contributed by atoms with Gasteiger partial charge < -0.3 is 19.8 Å². The maximum Gasteiger partial charge on any atom is 0.307 e. The predicted molar refractivity (Wildman–Crippen MR) is 93.6 cm³/mol. The molecule has 0 fully saturated rings. The van der Waals surface area contributed by atoms with Gasteiger partial charge in [0.25, 0.3) is 0 Å². The van der Waals surface area contributed by atoms with Crippen molar-refractivity contribution in [1.29, 1.82) is 0 Å². The van der Waals surface area contributed by atoms with Gasteiger partial charge in [-0.25, -0.2) is 0 Å². The molecule has 3 N–H and O–H groups in total. The highest BCUT2D eigenvalue weighted by molar-refractivity contribution is 5.99. The first-order valence-electron chi connectivity index (χ1n) is 8.34. The number of aliphatic hydroxyl groups is 2. The normalized spacial score (nSPS) is 15.0. The number of rotatable bonds is 13. The zero-order valence-corrected chi connectivity index (χ0v) is 15.1. The molecule has 0 aliphatic heterocycles. The summed E-state index contributed by atoms with van der Waals surface area (Å²) in [6.07, 6.45) is 10.6. The Morgan fingerprint density at radius 3 is 2.21 bits per heavy atom. The molecule has 0 aromatic carbocycles. The second kappa shape index (κ2) is 11.1. The van der Waals surface area contributed by atoms with Crippen LogP contribution < -0.4 is 0 Å². The van der Waals surface area contributed by atoms with Crippen LogP contribution in [0, 0.1) is 0 Å². The van der Waals surface area contributed by atoms with Gasteiger partial charge >= 0.3 is 5.97 Å². The first-order chi connectivity index (χ1) is 11.1. The van der Waals surface area contributed by atoms with Crippen molar-refractivity contribution >= 4 is 11.8 Å². The number of carbonyl (C=O) groups excluding carboxylic acids is 1. The molecule has 6 heteroatoms. The first kappa shape index (κ1) is 22.5. The van der Waals surface area contributed by atoms with Gasteiger partial charge in [-0.1, -0.05) is 31.1 Å². The minimum absolute atomic E-state index is 0.0248. The van der Waals surface area contributed by atoms with Crippen LogP contribution in [0.15, 0.2) is 24.3 Å². The van der Waals surface area contributed by atoms with Crippen LogP contribution in [-0.2, 0) is 9.59 Å². The summed E-state index contributed by atoms with van der Waals surface area (Å²) in [5.74, 6) is -1.79. The SMILES string of the molecule is C[N+](C)(C)CC(O)(CC(=O)O)C(=O)C=CC=CCCCCCCO. The number of hydrogen-bond donors (Lipinski definition) is 3. The summed E-state index contributed by atoms with van der Waals surface area (Å²) in [5, 5.41) is 28.1. The van der Waals surface area contributed by atoms with Crippen molar-refractivity contribution in [3.63, 3.8) is 0 Å². The van der Waals surface area contributed by atoms with Gasteiger partial charge in [-0.05, 0) is 25.3 Å². The minimum Gasteiger partial charge on any atom is -0.481 e. The molecule has 6 nitrogen and oxygen atoms in total. The fourth-order valence-corrected chi connectivity index (χ4v) is 2.46. The number of carboxylic acids is 1. The van der Waals surface area contributed by atoms with Crippen molar-refractivity contribution in [1.82, 2.24) is 0 Å². The van der Waals surface area contributed by atoms with Crippen LogP contribution in [-0.4, -0.2) is 71.5 Å². The van der Waals surface area contributed by atoms with E-state index in [2.05, 4.69) is 0 Å². The maximum atomic E-state index is 12.2. The van der Waals surface area contributed by atoms with Gasteiger partial charge in [-0.15, -0.1) is 0 Å². The lowest BCUT2D eigenvalue weighted by atomic mass is 9.92. The van der Waals surface area contributed by atoms with Crippen LogP contribution in [0.5, 0.6) is 0 Å². The van der Waals surface area contributed by atoms with E-state index in [1.54, 1.807) is 33.3 Å². The molecule has 0 aromatic rings. The lowest BCUT2D eigenvalue weighted by Gasteiger charge is -2.33. The van der Waals surface area contributed by atoms with Crippen LogP contribution >= 0.6 is 0 Å². The third-order valence-corrected chi connectivity index (χ3v) is 3.41. The summed E-state index contributed by atoms with van der Waals surface area (Å²) >= 11 is 0. The van der Waals surface area contributed by atoms with Gasteiger partial charge in [0.1, 0.15) is 6.54 Å². The summed E-state index contributed by atoms with van der Waals surface area (Å²) in [7, 11) is 5.38. The largest absolute Gasteiger partial charge is 0.481 e. The second-order valence-corrected chi connectivity index (χ2v) is 7.13. The van der Waals surface area contributed by atoms with Crippen LogP contribution in [0.3, 0.4) is 0 Å². The van der Waals surface area contributed by atoms with Crippen LogP contribution in [0.4, 0.5) is 0 Å². The van der Waals surface area contributed by atoms with E-state index in [-0.39, 0.29) is 17.6 Å². The number of quaternary nitrogens is 1. The highest BCUT2D eigenvalue weighted by atomic mass is 16.4. The summed E-state index contributed by atoms with van der Waals surface area (Å²) in [5.41, 5.74) is -1.90. The van der Waals surface area contributed by atoms with Gasteiger partial charge in [0.05, 0.1) is 27.6 Å². The van der Waals surface area contributed by atoms with E-state index in [0.29, 0.717) is 0 Å². The average Bonchev–Trinajstić information content (AvgIpc) is 2.42. The Balaban J connectivity index is 4.52. The Hall–Kier alpha value is -1.50. The van der Waals surface area contributed by atoms with Crippen molar-refractivity contribution < 1.29 is 29.4 Å². The number of allylic oxidation sites excluding steroid dienone is 3. The third kappa shape index (κ3) is 11.1. The van der Waals surface area contributed by atoms with Crippen molar-refractivity contribution in [3.05, 3.63) is 24.3 Å². The van der Waals surface area contributed by atoms with E-state index in [1.807, 2.05) is 6.08 Å². The van der Waals surface area contributed by atoms with Crippen LogP contribution in [0.1, 0.15) is 38.5 Å². The zero-order chi connectivity index (χ0) is 18.6. The molecule has 0 rings (SSSR count). The van der Waals surface area contributed by atoms with Gasteiger partial charge in [0, 0.05) is 6.61 Å². The van der Waals surface area contributed by atoms with Gasteiger partial charge in [-0.3, -0.25) is 9.59 Å². The first-order valence-corrected chi connectivity index (χ1v) is 8.34. The summed E-state index contributed by atoms with van der Waals surface area (Å²) < 4.78 is 0.285. The van der Waals surface area contributed by atoms with E-state index in [4.69, 9.17) is 10.2 Å². The zero-order valence-electron chi connectivity index (χ0n) is 15.1. The average molecular weight is 342 g/mol. The lowest BCUT2D eigenvalue weighted by Crippen LogP contribution is -2.54. The second-order valence-electron chi connectivity index (χ2n) is 7.13. The summed E-state index contributed by atoms with van der Waals surface area (Å²) in [6, 6.07) is 0. The minimum atomic E-state index is -1.90. The number of carbonyl (C=O) groups is 2. The monoisotopic (exact) mass is 342 g/mol. The molecule has 138 valence electrons. The molecule has 0 heterocycles. The molecule has 0 aliphatic rings. The summed E-state index contributed by atoms with van der Waals surface area (Å²) in [6.45, 7) is 0.254. The molecule has 0 aliphatic carbocycles. The topological polar surface area (TPSA) is 94.8 Å². The number of likely N-dealkylation sites (N-methyl/N-ethyl adjacent to an activating group) is 1. The Labute approximate surface area is 144 Å². The number of ketones is 1.